The van der Waals surface area contributed by atoms with Gasteiger partial charge in [-0.1, -0.05) is 151 Å². The number of ether oxygens (including phenoxy) is 2. The highest BCUT2D eigenvalue weighted by atomic mass is 16.5. The van der Waals surface area contributed by atoms with E-state index in [1.165, 1.54) is 128 Å². The number of anilines is 12. The van der Waals surface area contributed by atoms with E-state index < -0.39 is 0 Å². The second-order valence-electron chi connectivity index (χ2n) is 24.0. The summed E-state index contributed by atoms with van der Waals surface area (Å²) in [5.74, 6) is 3.53. The van der Waals surface area contributed by atoms with E-state index in [9.17, 15) is 0 Å². The summed E-state index contributed by atoms with van der Waals surface area (Å²) in [6.07, 6.45) is 0. The Morgan fingerprint density at radius 3 is 1.12 bits per heavy atom. The van der Waals surface area contributed by atoms with E-state index in [0.717, 1.165) is 57.1 Å². The zero-order chi connectivity index (χ0) is 55.8. The lowest BCUT2D eigenvalue weighted by Gasteiger charge is -2.52. The van der Waals surface area contributed by atoms with Crippen LogP contribution in [-0.4, -0.2) is 20.1 Å². The molecule has 6 aliphatic heterocycles. The highest BCUT2D eigenvalue weighted by molar-refractivity contribution is 7.07. The number of para-hydroxylation sites is 6. The zero-order valence-corrected chi connectivity index (χ0v) is 47.9. The fourth-order valence-corrected chi connectivity index (χ4v) is 15.5. The van der Waals surface area contributed by atoms with Crippen LogP contribution in [0.5, 0.6) is 23.0 Å². The summed E-state index contributed by atoms with van der Waals surface area (Å²) < 4.78 is 14.7. The molecular formula is C74H57B3N4O2. The Hall–Kier alpha value is -9.59. The summed E-state index contributed by atoms with van der Waals surface area (Å²) in [6, 6.07) is 75.1. The predicted molar refractivity (Wildman–Crippen MR) is 350 cm³/mol. The number of aryl methyl sites for hydroxylation is 8. The molecule has 6 nitrogen and oxygen atoms in total. The highest BCUT2D eigenvalue weighted by Crippen LogP contribution is 2.53. The molecular weight excluding hydrogens is 1010 g/mol. The topological polar surface area (TPSA) is 31.4 Å². The van der Waals surface area contributed by atoms with E-state index in [0.29, 0.717) is 0 Å². The molecule has 11 aromatic rings. The molecule has 17 rings (SSSR count). The summed E-state index contributed by atoms with van der Waals surface area (Å²) in [7, 11) is 0. The number of hydrogen-bond donors (Lipinski definition) is 0. The minimum absolute atomic E-state index is 0.0780. The van der Waals surface area contributed by atoms with Crippen molar-refractivity contribution in [1.29, 1.82) is 0 Å². The molecule has 0 radical (unpaired) electrons. The number of fused-ring (bicyclic) bond motifs is 14. The molecule has 0 bridgehead atoms. The molecule has 394 valence electrons. The third-order valence-electron chi connectivity index (χ3n) is 18.9. The minimum Gasteiger partial charge on any atom is -0.458 e. The first-order valence-electron chi connectivity index (χ1n) is 29.3. The summed E-state index contributed by atoms with van der Waals surface area (Å²) in [5.41, 5.74) is 34.8. The molecule has 0 atom stereocenters. The van der Waals surface area contributed by atoms with Crippen molar-refractivity contribution < 1.29 is 9.47 Å². The SMILES string of the molecule is Cc1ccc2c(c1)B1c3cc(C)ccc3N3c4cc(N(c5ccccc5C)c5c(C)cccc5C)cc5c4B(c4ccccc4O5)c4cc5c(c1c43)N2c1cc(N(c2ccccc2C)c2c(C)cccc2C)cc2c1B5c1ccccc1O2. The summed E-state index contributed by atoms with van der Waals surface area (Å²) in [6.45, 7) is 17.6. The predicted octanol–water partition coefficient (Wildman–Crippen LogP) is 13.0. The van der Waals surface area contributed by atoms with E-state index in [2.05, 4.69) is 275 Å². The van der Waals surface area contributed by atoms with Gasteiger partial charge in [0.2, 0.25) is 0 Å². The highest BCUT2D eigenvalue weighted by Gasteiger charge is 2.55. The van der Waals surface area contributed by atoms with Crippen molar-refractivity contribution in [3.05, 3.63) is 245 Å². The lowest BCUT2D eigenvalue weighted by molar-refractivity contribution is 0.487. The van der Waals surface area contributed by atoms with Crippen molar-refractivity contribution in [2.75, 3.05) is 19.6 Å². The van der Waals surface area contributed by atoms with Gasteiger partial charge in [-0.05, 0) is 186 Å². The van der Waals surface area contributed by atoms with Crippen LogP contribution < -0.4 is 78.2 Å². The Morgan fingerprint density at radius 1 is 0.301 bits per heavy atom. The largest absolute Gasteiger partial charge is 0.458 e. The molecule has 0 saturated heterocycles. The molecule has 0 N–H and O–H groups in total. The van der Waals surface area contributed by atoms with Crippen molar-refractivity contribution in [3.63, 3.8) is 0 Å². The van der Waals surface area contributed by atoms with E-state index in [1.54, 1.807) is 0 Å². The van der Waals surface area contributed by atoms with Crippen LogP contribution in [0.4, 0.5) is 68.2 Å². The summed E-state index contributed by atoms with van der Waals surface area (Å²) in [5, 5.41) is 0. The van der Waals surface area contributed by atoms with E-state index in [4.69, 9.17) is 9.47 Å². The van der Waals surface area contributed by atoms with E-state index in [-0.39, 0.29) is 20.1 Å². The van der Waals surface area contributed by atoms with Crippen molar-refractivity contribution >= 4 is 138 Å². The molecule has 0 saturated carbocycles. The first-order chi connectivity index (χ1) is 40.5. The Bertz CT molecular complexity index is 4370. The standard InChI is InChI=1S/C74H57B3N4O2/c1-42-31-33-60-54(35-42)77-55-36-43(2)32-34-61(55)81-63-38-51(79(59-28-14-10-20-45(59)4)72-48(7)23-18-24-49(72)8)40-67-69(63)76(53-26-12-16-30-65(53)83-67)57-41-56-73(70(77)74(57)81)80(60)62-37-50(39-66-68(62)75(56)52-25-11-15-29-64(52)82-66)78(58-27-13-9-19-44(58)3)71-46(5)21-17-22-47(71)6/h9-41H,1-8H3. The average molecular weight is 1070 g/mol. The number of rotatable bonds is 6. The van der Waals surface area contributed by atoms with Crippen LogP contribution in [0.3, 0.4) is 0 Å². The molecule has 6 heterocycles. The second kappa shape index (κ2) is 17.5. The van der Waals surface area contributed by atoms with Crippen LogP contribution in [0.25, 0.3) is 0 Å². The van der Waals surface area contributed by atoms with Gasteiger partial charge in [-0.3, -0.25) is 0 Å². The third-order valence-corrected chi connectivity index (χ3v) is 18.9. The molecule has 11 aromatic carbocycles. The smallest absolute Gasteiger partial charge is 0.256 e. The number of hydrogen-bond acceptors (Lipinski definition) is 6. The van der Waals surface area contributed by atoms with Crippen molar-refractivity contribution in [2.45, 2.75) is 55.4 Å². The van der Waals surface area contributed by atoms with Gasteiger partial charge in [-0.2, -0.15) is 0 Å². The van der Waals surface area contributed by atoms with Crippen molar-refractivity contribution in [1.82, 2.24) is 0 Å². The van der Waals surface area contributed by atoms with Crippen LogP contribution in [0.15, 0.2) is 200 Å². The van der Waals surface area contributed by atoms with Gasteiger partial charge in [0.05, 0.1) is 22.7 Å². The lowest BCUT2D eigenvalue weighted by Crippen LogP contribution is -2.72. The van der Waals surface area contributed by atoms with E-state index >= 15 is 0 Å². The van der Waals surface area contributed by atoms with Crippen molar-refractivity contribution in [3.8, 4) is 23.0 Å². The molecule has 0 unspecified atom stereocenters. The molecule has 9 heteroatoms. The van der Waals surface area contributed by atoms with Gasteiger partial charge in [0.15, 0.2) is 0 Å². The Labute approximate surface area is 487 Å². The third kappa shape index (κ3) is 6.65. The molecule has 0 aliphatic carbocycles. The van der Waals surface area contributed by atoms with Gasteiger partial charge in [0, 0.05) is 57.6 Å². The fraction of sp³-hybridized carbons (Fsp3) is 0.108. The second-order valence-corrected chi connectivity index (χ2v) is 24.0. The molecule has 83 heavy (non-hydrogen) atoms. The summed E-state index contributed by atoms with van der Waals surface area (Å²) >= 11 is 0. The maximum atomic E-state index is 7.36. The first kappa shape index (κ1) is 48.2. The van der Waals surface area contributed by atoms with Crippen LogP contribution in [0.2, 0.25) is 0 Å². The van der Waals surface area contributed by atoms with Crippen LogP contribution in [-0.2, 0) is 0 Å². The van der Waals surface area contributed by atoms with Gasteiger partial charge in [0.25, 0.3) is 20.1 Å². The van der Waals surface area contributed by atoms with E-state index in [1.807, 2.05) is 0 Å². The van der Waals surface area contributed by atoms with Crippen molar-refractivity contribution in [2.24, 2.45) is 0 Å². The quantitative estimate of drug-likeness (QED) is 0.154. The van der Waals surface area contributed by atoms with Crippen LogP contribution >= 0.6 is 0 Å². The maximum absolute atomic E-state index is 7.36. The van der Waals surface area contributed by atoms with Gasteiger partial charge in [-0.15, -0.1) is 0 Å². The monoisotopic (exact) mass is 1070 g/mol. The number of nitrogens with zero attached hydrogens (tertiary/aromatic N) is 4. The molecule has 0 amide bonds. The molecule has 0 spiro atoms. The molecule has 6 aliphatic rings. The van der Waals surface area contributed by atoms with Gasteiger partial charge in [0.1, 0.15) is 23.0 Å². The normalized spacial score (nSPS) is 13.6. The van der Waals surface area contributed by atoms with Gasteiger partial charge >= 0.3 is 0 Å². The number of benzene rings is 11. The average Bonchev–Trinajstić information content (AvgIpc) is 0.716. The molecule has 0 aromatic heterocycles. The van der Waals surface area contributed by atoms with Crippen LogP contribution in [0.1, 0.15) is 44.5 Å². The zero-order valence-electron chi connectivity index (χ0n) is 47.9. The lowest BCUT2D eigenvalue weighted by atomic mass is 9.26. The van der Waals surface area contributed by atoms with Gasteiger partial charge in [-0.25, -0.2) is 0 Å². The maximum Gasteiger partial charge on any atom is 0.256 e. The minimum atomic E-state index is -0.141. The molecule has 0 fully saturated rings. The Balaban J connectivity index is 1.01. The fourth-order valence-electron chi connectivity index (χ4n) is 15.5. The Kier molecular flexibility index (Phi) is 10.1. The summed E-state index contributed by atoms with van der Waals surface area (Å²) in [4.78, 5) is 10.3. The van der Waals surface area contributed by atoms with Gasteiger partial charge < -0.3 is 29.1 Å². The Morgan fingerprint density at radius 2 is 0.687 bits per heavy atom. The first-order valence-corrected chi connectivity index (χ1v) is 29.3. The van der Waals surface area contributed by atoms with Crippen LogP contribution in [0, 0.1) is 55.4 Å².